The van der Waals surface area contributed by atoms with E-state index in [0.29, 0.717) is 40.8 Å². The van der Waals surface area contributed by atoms with Gasteiger partial charge < -0.3 is 15.0 Å². The van der Waals surface area contributed by atoms with Gasteiger partial charge in [0.2, 0.25) is 5.91 Å². The van der Waals surface area contributed by atoms with Gasteiger partial charge in [0.15, 0.2) is 10.8 Å². The fourth-order valence-electron chi connectivity index (χ4n) is 5.00. The van der Waals surface area contributed by atoms with Crippen LogP contribution >= 0.6 is 22.9 Å². The number of hydrogen-bond donors (Lipinski definition) is 1. The molecule has 3 aliphatic heterocycles. The molecule has 1 aromatic heterocycles. The Balaban J connectivity index is 1.55. The van der Waals surface area contributed by atoms with Crippen molar-refractivity contribution in [2.75, 3.05) is 26.7 Å². The van der Waals surface area contributed by atoms with Gasteiger partial charge in [-0.2, -0.15) is 0 Å². The fourth-order valence-corrected chi connectivity index (χ4v) is 5.86. The number of carbonyl (C=O) groups is 2. The zero-order valence-corrected chi connectivity index (χ0v) is 20.2. The number of nitrogens with one attached hydrogen (secondary N) is 1. The molecule has 5 rings (SSSR count). The smallest absolute Gasteiger partial charge is 0.338 e. The molecule has 2 saturated heterocycles. The van der Waals surface area contributed by atoms with Crippen molar-refractivity contribution >= 4 is 40.6 Å². The first-order chi connectivity index (χ1) is 16.4. The number of nitrogens with zero attached hydrogens (tertiary/aromatic N) is 4. The molecule has 0 radical (unpaired) electrons. The minimum atomic E-state index is -0.788. The Labute approximate surface area is 205 Å². The maximum atomic E-state index is 13.8. The predicted molar refractivity (Wildman–Crippen MR) is 126 cm³/mol. The van der Waals surface area contributed by atoms with E-state index in [0.717, 1.165) is 13.0 Å². The number of amides is 1. The maximum absolute atomic E-state index is 13.8. The molecule has 8 nitrogen and oxygen atoms in total. The Morgan fingerprint density at radius 3 is 2.76 bits per heavy atom. The molecular weight excluding hydrogens is 481 g/mol. The molecule has 178 valence electrons. The van der Waals surface area contributed by atoms with Gasteiger partial charge in [0.25, 0.3) is 0 Å². The third-order valence-electron chi connectivity index (χ3n) is 6.54. The van der Waals surface area contributed by atoms with Crippen LogP contribution in [0.2, 0.25) is 5.02 Å². The molecule has 3 aliphatic rings. The summed E-state index contributed by atoms with van der Waals surface area (Å²) >= 11 is 7.81. The highest BCUT2D eigenvalue weighted by atomic mass is 35.5. The number of aliphatic imine (C=N–C) groups is 1. The second-order valence-corrected chi connectivity index (χ2v) is 9.84. The quantitative estimate of drug-likeness (QED) is 0.631. The lowest BCUT2D eigenvalue weighted by atomic mass is 9.95. The number of rotatable bonds is 5. The van der Waals surface area contributed by atoms with Gasteiger partial charge >= 0.3 is 5.97 Å². The molecule has 4 heterocycles. The van der Waals surface area contributed by atoms with E-state index < -0.39 is 17.8 Å². The second-order valence-electron chi connectivity index (χ2n) is 8.54. The van der Waals surface area contributed by atoms with Crippen LogP contribution in [0.25, 0.3) is 0 Å². The third kappa shape index (κ3) is 4.10. The number of esters is 1. The zero-order valence-electron chi connectivity index (χ0n) is 18.6. The van der Waals surface area contributed by atoms with Gasteiger partial charge in [-0.15, -0.1) is 11.3 Å². The van der Waals surface area contributed by atoms with Gasteiger partial charge in [-0.05, 0) is 18.6 Å². The summed E-state index contributed by atoms with van der Waals surface area (Å²) in [5.74, 6) is -0.414. The number of ether oxygens (including phenoxy) is 1. The molecule has 0 aliphatic carbocycles. The Hall–Kier alpha value is -2.82. The maximum Gasteiger partial charge on any atom is 0.338 e. The van der Waals surface area contributed by atoms with E-state index in [-0.39, 0.29) is 23.0 Å². The van der Waals surface area contributed by atoms with E-state index in [1.54, 1.807) is 19.2 Å². The molecular formula is C23H23ClFN5O3S. The Morgan fingerprint density at radius 1 is 1.32 bits per heavy atom. The van der Waals surface area contributed by atoms with Gasteiger partial charge in [-0.1, -0.05) is 17.7 Å². The summed E-state index contributed by atoms with van der Waals surface area (Å²) in [6.45, 7) is 3.42. The van der Waals surface area contributed by atoms with Crippen LogP contribution in [0.1, 0.15) is 30.0 Å². The first-order valence-electron chi connectivity index (χ1n) is 10.9. The first-order valence-corrected chi connectivity index (χ1v) is 12.1. The molecule has 0 saturated carbocycles. The van der Waals surface area contributed by atoms with Crippen molar-refractivity contribution in [1.82, 2.24) is 20.1 Å². The molecule has 2 bridgehead atoms. The molecule has 3 unspecified atom stereocenters. The Morgan fingerprint density at radius 2 is 2.15 bits per heavy atom. The SMILES string of the molecule is COC(=O)C1=C(CN2CC3CC2CN3C(C)=O)NC(c2nccs2)=NC1c1ccc(F)cc1Cl. The predicted octanol–water partition coefficient (Wildman–Crippen LogP) is 2.76. The van der Waals surface area contributed by atoms with Crippen molar-refractivity contribution in [1.29, 1.82) is 0 Å². The van der Waals surface area contributed by atoms with Crippen LogP contribution < -0.4 is 5.32 Å². The van der Waals surface area contributed by atoms with Crippen LogP contribution in [-0.2, 0) is 14.3 Å². The number of thiazole rings is 1. The van der Waals surface area contributed by atoms with Crippen LogP contribution in [0.4, 0.5) is 4.39 Å². The monoisotopic (exact) mass is 503 g/mol. The second kappa shape index (κ2) is 9.09. The van der Waals surface area contributed by atoms with Gasteiger partial charge in [0.1, 0.15) is 11.9 Å². The number of piperazine rings is 1. The summed E-state index contributed by atoms with van der Waals surface area (Å²) < 4.78 is 18.9. The fraction of sp³-hybridized carbons (Fsp3) is 0.391. The number of benzene rings is 1. The van der Waals surface area contributed by atoms with Gasteiger partial charge in [-0.25, -0.2) is 14.2 Å². The largest absolute Gasteiger partial charge is 0.466 e. The number of amidine groups is 1. The average Bonchev–Trinajstić information content (AvgIpc) is 3.56. The average molecular weight is 504 g/mol. The number of hydrogen-bond acceptors (Lipinski definition) is 8. The van der Waals surface area contributed by atoms with E-state index in [2.05, 4.69) is 15.2 Å². The first kappa shape index (κ1) is 22.9. The number of likely N-dealkylation sites (tertiary alicyclic amines) is 2. The van der Waals surface area contributed by atoms with E-state index in [4.69, 9.17) is 21.3 Å². The normalized spacial score (nSPS) is 24.3. The van der Waals surface area contributed by atoms with Gasteiger partial charge in [-0.3, -0.25) is 14.7 Å². The van der Waals surface area contributed by atoms with Crippen molar-refractivity contribution in [3.8, 4) is 0 Å². The van der Waals surface area contributed by atoms with Crippen LogP contribution in [0.5, 0.6) is 0 Å². The van der Waals surface area contributed by atoms with Crippen LogP contribution in [0.3, 0.4) is 0 Å². The van der Waals surface area contributed by atoms with E-state index in [1.807, 2.05) is 10.3 Å². The van der Waals surface area contributed by atoms with Crippen LogP contribution in [-0.4, -0.2) is 71.3 Å². The highest BCUT2D eigenvalue weighted by Crippen LogP contribution is 2.38. The summed E-state index contributed by atoms with van der Waals surface area (Å²) in [5, 5.41) is 5.99. The number of fused-ring (bicyclic) bond motifs is 2. The minimum absolute atomic E-state index is 0.0848. The van der Waals surface area contributed by atoms with Crippen molar-refractivity contribution in [2.45, 2.75) is 31.5 Å². The van der Waals surface area contributed by atoms with Crippen LogP contribution in [0.15, 0.2) is 46.0 Å². The van der Waals surface area contributed by atoms with Crippen LogP contribution in [0, 0.1) is 5.82 Å². The molecule has 2 aromatic rings. The highest BCUT2D eigenvalue weighted by Gasteiger charge is 2.45. The third-order valence-corrected chi connectivity index (χ3v) is 7.65. The Kier molecular flexibility index (Phi) is 6.13. The summed E-state index contributed by atoms with van der Waals surface area (Å²) in [4.78, 5) is 38.2. The van der Waals surface area contributed by atoms with E-state index in [1.165, 1.54) is 30.6 Å². The molecule has 11 heteroatoms. The molecule has 0 spiro atoms. The van der Waals surface area contributed by atoms with Crippen molar-refractivity contribution < 1.29 is 18.7 Å². The molecule has 1 aromatic carbocycles. The summed E-state index contributed by atoms with van der Waals surface area (Å²) in [7, 11) is 1.32. The van der Waals surface area contributed by atoms with Crippen molar-refractivity contribution in [3.63, 3.8) is 0 Å². The van der Waals surface area contributed by atoms with Gasteiger partial charge in [0.05, 0.1) is 12.7 Å². The minimum Gasteiger partial charge on any atom is -0.466 e. The lowest BCUT2D eigenvalue weighted by Crippen LogP contribution is -2.50. The van der Waals surface area contributed by atoms with Crippen molar-refractivity contribution in [3.05, 3.63) is 62.5 Å². The molecule has 34 heavy (non-hydrogen) atoms. The lowest BCUT2D eigenvalue weighted by molar-refractivity contribution is -0.136. The van der Waals surface area contributed by atoms with Crippen molar-refractivity contribution in [2.24, 2.45) is 4.99 Å². The topological polar surface area (TPSA) is 87.1 Å². The number of halogens is 2. The lowest BCUT2D eigenvalue weighted by Gasteiger charge is -2.36. The Bertz CT molecular complexity index is 1200. The molecule has 3 atom stereocenters. The molecule has 1 amide bonds. The van der Waals surface area contributed by atoms with E-state index in [9.17, 15) is 14.0 Å². The van der Waals surface area contributed by atoms with Gasteiger partial charge in [0, 0.05) is 66.5 Å². The standard InChI is InChI=1S/C23H23ClFN5O3S/c1-12(31)30-10-14-8-15(30)9-29(14)11-18-19(23(32)33-2)20(16-4-3-13(25)7-17(16)24)28-21(27-18)22-26-5-6-34-22/h3-7,14-15,20H,8-11H2,1-2H3,(H,27,28). The summed E-state index contributed by atoms with van der Waals surface area (Å²) in [6.07, 6.45) is 2.58. The van der Waals surface area contributed by atoms with E-state index >= 15 is 0 Å². The highest BCUT2D eigenvalue weighted by molar-refractivity contribution is 7.11. The number of carbonyl (C=O) groups excluding carboxylic acids is 2. The number of aromatic nitrogens is 1. The molecule has 2 fully saturated rings. The zero-order chi connectivity index (χ0) is 24.0. The summed E-state index contributed by atoms with van der Waals surface area (Å²) in [6, 6.07) is 3.64. The summed E-state index contributed by atoms with van der Waals surface area (Å²) in [5.41, 5.74) is 1.46. The number of methoxy groups -OCH3 is 1. The molecule has 1 N–H and O–H groups in total.